The summed E-state index contributed by atoms with van der Waals surface area (Å²) in [4.78, 5) is 0. The van der Waals surface area contributed by atoms with E-state index in [2.05, 4.69) is 41.5 Å². The van der Waals surface area contributed by atoms with Gasteiger partial charge in [0.25, 0.3) is 0 Å². The van der Waals surface area contributed by atoms with Crippen molar-refractivity contribution in [1.82, 2.24) is 0 Å². The lowest BCUT2D eigenvalue weighted by atomic mass is 9.97. The summed E-state index contributed by atoms with van der Waals surface area (Å²) < 4.78 is 6.87. The third kappa shape index (κ3) is 24.9. The summed E-state index contributed by atoms with van der Waals surface area (Å²) in [6.07, 6.45) is 31.3. The summed E-state index contributed by atoms with van der Waals surface area (Å²) in [7, 11) is 0. The Kier molecular flexibility index (Phi) is 25.0. The first kappa shape index (κ1) is 33.0. The van der Waals surface area contributed by atoms with Crippen molar-refractivity contribution in [2.24, 2.45) is 11.8 Å². The zero-order chi connectivity index (χ0) is 24.6. The van der Waals surface area contributed by atoms with Crippen LogP contribution in [0, 0.1) is 11.8 Å². The molecular formula is C32H66O. The van der Waals surface area contributed by atoms with Gasteiger partial charge in [-0.25, -0.2) is 0 Å². The molecule has 0 saturated carbocycles. The molecule has 1 heteroatoms. The van der Waals surface area contributed by atoms with Crippen LogP contribution in [-0.4, -0.2) is 12.2 Å². The average molecular weight is 467 g/mol. The molecule has 0 saturated heterocycles. The lowest BCUT2D eigenvalue weighted by Gasteiger charge is -2.26. The Morgan fingerprint density at radius 1 is 0.364 bits per heavy atom. The number of ether oxygens (including phenoxy) is 1. The molecule has 200 valence electrons. The van der Waals surface area contributed by atoms with Gasteiger partial charge in [0.2, 0.25) is 0 Å². The van der Waals surface area contributed by atoms with Crippen molar-refractivity contribution in [3.05, 3.63) is 0 Å². The molecule has 0 aromatic rings. The van der Waals surface area contributed by atoms with Gasteiger partial charge in [0, 0.05) is 0 Å². The number of unbranched alkanes of at least 4 members (excludes halogenated alkanes) is 14. The Bertz CT molecular complexity index is 328. The van der Waals surface area contributed by atoms with Crippen LogP contribution in [-0.2, 0) is 4.74 Å². The fourth-order valence-corrected chi connectivity index (χ4v) is 4.88. The molecule has 0 fully saturated rings. The third-order valence-corrected chi connectivity index (χ3v) is 7.28. The Morgan fingerprint density at radius 3 is 0.970 bits per heavy atom. The first-order valence-corrected chi connectivity index (χ1v) is 15.6. The van der Waals surface area contributed by atoms with Crippen LogP contribution in [0.15, 0.2) is 0 Å². The van der Waals surface area contributed by atoms with E-state index in [1.165, 1.54) is 141 Å². The molecule has 0 spiro atoms. The van der Waals surface area contributed by atoms with E-state index in [4.69, 9.17) is 4.74 Å². The molecule has 0 N–H and O–H groups in total. The van der Waals surface area contributed by atoms with Gasteiger partial charge in [0.15, 0.2) is 0 Å². The van der Waals surface area contributed by atoms with E-state index in [0.29, 0.717) is 12.2 Å². The van der Waals surface area contributed by atoms with Crippen molar-refractivity contribution in [2.45, 2.75) is 195 Å². The molecule has 0 rings (SSSR count). The lowest BCUT2D eigenvalue weighted by molar-refractivity contribution is -0.0345. The van der Waals surface area contributed by atoms with Gasteiger partial charge in [-0.15, -0.1) is 0 Å². The highest BCUT2D eigenvalue weighted by molar-refractivity contribution is 4.68. The summed E-state index contributed by atoms with van der Waals surface area (Å²) in [6.45, 7) is 14.1. The zero-order valence-electron chi connectivity index (χ0n) is 24.3. The summed E-state index contributed by atoms with van der Waals surface area (Å²) in [6, 6.07) is 0. The molecule has 0 radical (unpaired) electrons. The zero-order valence-corrected chi connectivity index (χ0v) is 24.3. The molecule has 0 bridgehead atoms. The van der Waals surface area contributed by atoms with E-state index in [1.54, 1.807) is 0 Å². The van der Waals surface area contributed by atoms with Gasteiger partial charge in [0.1, 0.15) is 0 Å². The molecule has 33 heavy (non-hydrogen) atoms. The first-order chi connectivity index (χ1) is 16.0. The number of hydrogen-bond donors (Lipinski definition) is 0. The van der Waals surface area contributed by atoms with Crippen LogP contribution < -0.4 is 0 Å². The summed E-state index contributed by atoms with van der Waals surface area (Å²) in [5, 5.41) is 0. The second-order valence-electron chi connectivity index (χ2n) is 11.8. The van der Waals surface area contributed by atoms with E-state index in [-0.39, 0.29) is 0 Å². The van der Waals surface area contributed by atoms with Crippen LogP contribution in [0.1, 0.15) is 183 Å². The van der Waals surface area contributed by atoms with E-state index in [9.17, 15) is 0 Å². The lowest BCUT2D eigenvalue weighted by Crippen LogP contribution is -2.23. The van der Waals surface area contributed by atoms with Crippen molar-refractivity contribution in [2.75, 3.05) is 0 Å². The predicted molar refractivity (Wildman–Crippen MR) is 151 cm³/mol. The monoisotopic (exact) mass is 467 g/mol. The molecule has 0 aliphatic carbocycles. The first-order valence-electron chi connectivity index (χ1n) is 15.6. The fraction of sp³-hybridized carbons (Fsp3) is 1.00. The maximum Gasteiger partial charge on any atom is 0.0579 e. The maximum absolute atomic E-state index is 6.87. The van der Waals surface area contributed by atoms with Crippen LogP contribution in [0.25, 0.3) is 0 Å². The summed E-state index contributed by atoms with van der Waals surface area (Å²) in [5.41, 5.74) is 0. The van der Waals surface area contributed by atoms with Crippen LogP contribution in [0.5, 0.6) is 0 Å². The second kappa shape index (κ2) is 25.1. The highest BCUT2D eigenvalue weighted by atomic mass is 16.5. The highest BCUT2D eigenvalue weighted by Crippen LogP contribution is 2.23. The second-order valence-corrected chi connectivity index (χ2v) is 11.8. The maximum atomic E-state index is 6.87. The minimum absolute atomic E-state index is 0.499. The van der Waals surface area contributed by atoms with Crippen molar-refractivity contribution < 1.29 is 4.74 Å². The van der Waals surface area contributed by atoms with Crippen LogP contribution in [0.2, 0.25) is 0 Å². The topological polar surface area (TPSA) is 9.23 Å². The molecule has 0 aromatic carbocycles. The van der Waals surface area contributed by atoms with Gasteiger partial charge >= 0.3 is 0 Å². The molecule has 2 unspecified atom stereocenters. The Hall–Kier alpha value is -0.0400. The van der Waals surface area contributed by atoms with Crippen molar-refractivity contribution >= 4 is 0 Å². The van der Waals surface area contributed by atoms with Gasteiger partial charge in [-0.2, -0.15) is 0 Å². The molecule has 0 amide bonds. The Morgan fingerprint density at radius 2 is 0.667 bits per heavy atom. The van der Waals surface area contributed by atoms with Crippen molar-refractivity contribution in [1.29, 1.82) is 0 Å². The average Bonchev–Trinajstić information content (AvgIpc) is 2.78. The van der Waals surface area contributed by atoms with Gasteiger partial charge in [0.05, 0.1) is 12.2 Å². The summed E-state index contributed by atoms with van der Waals surface area (Å²) in [5.74, 6) is 1.58. The molecule has 0 aliphatic heterocycles. The van der Waals surface area contributed by atoms with Crippen molar-refractivity contribution in [3.8, 4) is 0 Å². The third-order valence-electron chi connectivity index (χ3n) is 7.28. The van der Waals surface area contributed by atoms with Crippen LogP contribution in [0.4, 0.5) is 0 Å². The predicted octanol–water partition coefficient (Wildman–Crippen LogP) is 11.7. The highest BCUT2D eigenvalue weighted by Gasteiger charge is 2.17. The van der Waals surface area contributed by atoms with E-state index >= 15 is 0 Å². The number of hydrogen-bond acceptors (Lipinski definition) is 1. The van der Waals surface area contributed by atoms with E-state index in [0.717, 1.165) is 11.8 Å². The van der Waals surface area contributed by atoms with Gasteiger partial charge in [-0.1, -0.05) is 144 Å². The molecular weight excluding hydrogens is 400 g/mol. The Balaban J connectivity index is 4.37. The molecule has 0 aliphatic rings. The van der Waals surface area contributed by atoms with Crippen molar-refractivity contribution in [3.63, 3.8) is 0 Å². The van der Waals surface area contributed by atoms with Crippen LogP contribution in [0.3, 0.4) is 0 Å². The molecule has 0 heterocycles. The Labute approximate surface area is 211 Å². The van der Waals surface area contributed by atoms with Crippen LogP contribution >= 0.6 is 0 Å². The molecule has 1 nitrogen and oxygen atoms in total. The largest absolute Gasteiger partial charge is 0.375 e. The van der Waals surface area contributed by atoms with Gasteiger partial charge in [-0.3, -0.25) is 0 Å². The summed E-state index contributed by atoms with van der Waals surface area (Å²) >= 11 is 0. The molecule has 0 aromatic heterocycles. The van der Waals surface area contributed by atoms with E-state index < -0.39 is 0 Å². The minimum atomic E-state index is 0.499. The van der Waals surface area contributed by atoms with Gasteiger partial charge < -0.3 is 4.74 Å². The normalized spacial score (nSPS) is 13.8. The smallest absolute Gasteiger partial charge is 0.0579 e. The molecule has 2 atom stereocenters. The number of rotatable bonds is 26. The van der Waals surface area contributed by atoms with E-state index in [1.807, 2.05) is 0 Å². The minimum Gasteiger partial charge on any atom is -0.375 e. The fourth-order valence-electron chi connectivity index (χ4n) is 4.88. The SMILES string of the molecule is CCCCCCCCCCC(CCC(C)C)OC(CCCCCCCCCC)CCC(C)C. The standard InChI is InChI=1S/C32H66O/c1-7-9-11-13-15-17-19-21-23-31(27-25-29(3)4)33-32(28-26-30(5)6)24-22-20-18-16-14-12-10-8-2/h29-32H,7-28H2,1-6H3. The van der Waals surface area contributed by atoms with Gasteiger partial charge in [-0.05, 0) is 50.4 Å². The quantitative estimate of drug-likeness (QED) is 0.115.